The van der Waals surface area contributed by atoms with Crippen LogP contribution in [0.3, 0.4) is 0 Å². The molecule has 0 aliphatic carbocycles. The molecule has 1 aromatic heterocycles. The number of amides is 1. The van der Waals surface area contributed by atoms with Gasteiger partial charge in [0.1, 0.15) is 11.4 Å². The SMILES string of the molecule is CCOc1ccc2cc(C(=O)N(C)C3CCN(C4CCN(C)CC4)C3)[nH]c2c1. The van der Waals surface area contributed by atoms with Crippen LogP contribution in [-0.4, -0.2) is 84.6 Å². The van der Waals surface area contributed by atoms with E-state index in [1.54, 1.807) is 0 Å². The van der Waals surface area contributed by atoms with Crippen molar-refractivity contribution in [1.82, 2.24) is 19.7 Å². The summed E-state index contributed by atoms with van der Waals surface area (Å²) in [6.45, 7) is 7.06. The summed E-state index contributed by atoms with van der Waals surface area (Å²) in [5.74, 6) is 0.901. The third kappa shape index (κ3) is 3.89. The van der Waals surface area contributed by atoms with E-state index in [1.165, 1.54) is 25.9 Å². The van der Waals surface area contributed by atoms with Gasteiger partial charge in [-0.25, -0.2) is 0 Å². The normalized spacial score (nSPS) is 22.0. The van der Waals surface area contributed by atoms with Crippen molar-refractivity contribution >= 4 is 16.8 Å². The molecule has 1 N–H and O–H groups in total. The molecule has 1 atom stereocenters. The Morgan fingerprint density at radius 1 is 1.21 bits per heavy atom. The number of carbonyl (C=O) groups excluding carboxylic acids is 1. The average molecular weight is 385 g/mol. The summed E-state index contributed by atoms with van der Waals surface area (Å²) in [6.07, 6.45) is 3.54. The second-order valence-electron chi connectivity index (χ2n) is 8.25. The minimum absolute atomic E-state index is 0.0735. The molecule has 2 aliphatic rings. The molecule has 0 saturated carbocycles. The minimum atomic E-state index is 0.0735. The Hall–Kier alpha value is -2.05. The fourth-order valence-corrected chi connectivity index (χ4v) is 4.61. The molecule has 4 rings (SSSR count). The predicted octanol–water partition coefficient (Wildman–Crippen LogP) is 2.81. The summed E-state index contributed by atoms with van der Waals surface area (Å²) < 4.78 is 5.56. The molecule has 2 aromatic rings. The first-order valence-electron chi connectivity index (χ1n) is 10.5. The van der Waals surface area contributed by atoms with E-state index in [2.05, 4.69) is 21.8 Å². The molecule has 2 saturated heterocycles. The highest BCUT2D eigenvalue weighted by Crippen LogP contribution is 2.25. The number of aromatic nitrogens is 1. The van der Waals surface area contributed by atoms with E-state index in [-0.39, 0.29) is 11.9 Å². The van der Waals surface area contributed by atoms with Crippen LogP contribution in [-0.2, 0) is 0 Å². The van der Waals surface area contributed by atoms with Crippen molar-refractivity contribution < 1.29 is 9.53 Å². The van der Waals surface area contributed by atoms with Gasteiger partial charge < -0.3 is 19.5 Å². The van der Waals surface area contributed by atoms with Crippen LogP contribution in [0.5, 0.6) is 5.75 Å². The molecule has 152 valence electrons. The van der Waals surface area contributed by atoms with Gasteiger partial charge in [0.2, 0.25) is 0 Å². The molecule has 28 heavy (non-hydrogen) atoms. The number of H-pyrrole nitrogens is 1. The smallest absolute Gasteiger partial charge is 0.270 e. The van der Waals surface area contributed by atoms with E-state index >= 15 is 0 Å². The first kappa shape index (κ1) is 19.3. The molecule has 2 fully saturated rings. The summed E-state index contributed by atoms with van der Waals surface area (Å²) >= 11 is 0. The number of hydrogen-bond acceptors (Lipinski definition) is 4. The van der Waals surface area contributed by atoms with Gasteiger partial charge in [-0.1, -0.05) is 0 Å². The van der Waals surface area contributed by atoms with Gasteiger partial charge in [0.15, 0.2) is 0 Å². The van der Waals surface area contributed by atoms with Crippen LogP contribution < -0.4 is 4.74 Å². The lowest BCUT2D eigenvalue weighted by atomic mass is 10.0. The lowest BCUT2D eigenvalue weighted by molar-refractivity contribution is 0.0716. The highest BCUT2D eigenvalue weighted by molar-refractivity contribution is 5.98. The van der Waals surface area contributed by atoms with Crippen molar-refractivity contribution in [2.75, 3.05) is 46.9 Å². The van der Waals surface area contributed by atoms with Crippen LogP contribution in [0.4, 0.5) is 0 Å². The van der Waals surface area contributed by atoms with Gasteiger partial charge in [0.25, 0.3) is 5.91 Å². The summed E-state index contributed by atoms with van der Waals surface area (Å²) in [4.78, 5) is 23.3. The second kappa shape index (κ2) is 8.13. The molecule has 2 aliphatic heterocycles. The fraction of sp³-hybridized carbons (Fsp3) is 0.591. The number of carbonyl (C=O) groups is 1. The van der Waals surface area contributed by atoms with Gasteiger partial charge in [0, 0.05) is 49.2 Å². The fourth-order valence-electron chi connectivity index (χ4n) is 4.61. The molecular weight excluding hydrogens is 352 g/mol. The zero-order valence-corrected chi connectivity index (χ0v) is 17.3. The van der Waals surface area contributed by atoms with E-state index in [9.17, 15) is 4.79 Å². The maximum atomic E-state index is 13.1. The van der Waals surface area contributed by atoms with Gasteiger partial charge in [0.05, 0.1) is 6.61 Å². The molecule has 1 amide bonds. The molecule has 0 spiro atoms. The number of fused-ring (bicyclic) bond motifs is 1. The quantitative estimate of drug-likeness (QED) is 0.861. The summed E-state index contributed by atoms with van der Waals surface area (Å²) in [5, 5.41) is 1.04. The number of ether oxygens (including phenoxy) is 1. The summed E-state index contributed by atoms with van der Waals surface area (Å²) in [7, 11) is 4.15. The van der Waals surface area contributed by atoms with Gasteiger partial charge in [-0.05, 0) is 64.5 Å². The predicted molar refractivity (Wildman–Crippen MR) is 112 cm³/mol. The van der Waals surface area contributed by atoms with Crippen LogP contribution in [0.25, 0.3) is 10.9 Å². The van der Waals surface area contributed by atoms with Gasteiger partial charge in [-0.2, -0.15) is 0 Å². The van der Waals surface area contributed by atoms with Crippen molar-refractivity contribution in [2.24, 2.45) is 0 Å². The van der Waals surface area contributed by atoms with Crippen molar-refractivity contribution in [2.45, 2.75) is 38.3 Å². The molecule has 1 unspecified atom stereocenters. The van der Waals surface area contributed by atoms with E-state index in [0.29, 0.717) is 18.3 Å². The maximum Gasteiger partial charge on any atom is 0.270 e. The molecule has 3 heterocycles. The Labute approximate surface area is 167 Å². The number of rotatable bonds is 5. The highest BCUT2D eigenvalue weighted by atomic mass is 16.5. The standard InChI is InChI=1S/C22H32N4O2/c1-4-28-19-6-5-16-13-21(23-20(16)14-19)22(27)25(3)18-9-12-26(15-18)17-7-10-24(2)11-8-17/h5-6,13-14,17-18,23H,4,7-12,15H2,1-3H3. The van der Waals surface area contributed by atoms with Gasteiger partial charge in [-0.15, -0.1) is 0 Å². The van der Waals surface area contributed by atoms with E-state index in [1.807, 2.05) is 43.1 Å². The number of hydrogen-bond donors (Lipinski definition) is 1. The first-order chi connectivity index (χ1) is 13.5. The highest BCUT2D eigenvalue weighted by Gasteiger charge is 2.33. The van der Waals surface area contributed by atoms with Crippen LogP contribution in [0.15, 0.2) is 24.3 Å². The number of nitrogens with one attached hydrogen (secondary N) is 1. The first-order valence-corrected chi connectivity index (χ1v) is 10.5. The number of benzene rings is 1. The molecule has 6 heteroatoms. The van der Waals surface area contributed by atoms with Crippen molar-refractivity contribution in [1.29, 1.82) is 0 Å². The topological polar surface area (TPSA) is 51.8 Å². The molecule has 0 radical (unpaired) electrons. The molecule has 6 nitrogen and oxygen atoms in total. The van der Waals surface area contributed by atoms with Gasteiger partial charge in [-0.3, -0.25) is 9.69 Å². The zero-order valence-electron chi connectivity index (χ0n) is 17.3. The number of likely N-dealkylation sites (N-methyl/N-ethyl adjacent to an activating group) is 1. The number of piperidine rings is 1. The minimum Gasteiger partial charge on any atom is -0.494 e. The van der Waals surface area contributed by atoms with E-state index in [4.69, 9.17) is 4.74 Å². The van der Waals surface area contributed by atoms with Gasteiger partial charge >= 0.3 is 0 Å². The van der Waals surface area contributed by atoms with Crippen LogP contribution >= 0.6 is 0 Å². The van der Waals surface area contributed by atoms with Crippen molar-refractivity contribution in [3.05, 3.63) is 30.0 Å². The number of nitrogens with zero attached hydrogens (tertiary/aromatic N) is 3. The Bertz CT molecular complexity index is 825. The number of aromatic amines is 1. The van der Waals surface area contributed by atoms with Crippen molar-refractivity contribution in [3.63, 3.8) is 0 Å². The lowest BCUT2D eigenvalue weighted by Crippen LogP contribution is -2.45. The molecule has 0 bridgehead atoms. The Morgan fingerprint density at radius 2 is 2.00 bits per heavy atom. The average Bonchev–Trinajstić information content (AvgIpc) is 3.34. The largest absolute Gasteiger partial charge is 0.494 e. The Kier molecular flexibility index (Phi) is 5.60. The van der Waals surface area contributed by atoms with Crippen LogP contribution in [0.1, 0.15) is 36.7 Å². The maximum absolute atomic E-state index is 13.1. The van der Waals surface area contributed by atoms with Crippen LogP contribution in [0, 0.1) is 0 Å². The van der Waals surface area contributed by atoms with Crippen LogP contribution in [0.2, 0.25) is 0 Å². The Morgan fingerprint density at radius 3 is 2.75 bits per heavy atom. The second-order valence-corrected chi connectivity index (χ2v) is 8.25. The summed E-state index contributed by atoms with van der Waals surface area (Å²) in [5.41, 5.74) is 1.60. The third-order valence-electron chi connectivity index (χ3n) is 6.40. The third-order valence-corrected chi connectivity index (χ3v) is 6.40. The van der Waals surface area contributed by atoms with E-state index in [0.717, 1.165) is 36.2 Å². The Balaban J connectivity index is 1.41. The van der Waals surface area contributed by atoms with E-state index < -0.39 is 0 Å². The molecule has 1 aromatic carbocycles. The zero-order chi connectivity index (χ0) is 19.7. The summed E-state index contributed by atoms with van der Waals surface area (Å²) in [6, 6.07) is 8.84. The number of likely N-dealkylation sites (tertiary alicyclic amines) is 2. The lowest BCUT2D eigenvalue weighted by Gasteiger charge is -2.35. The monoisotopic (exact) mass is 384 g/mol. The molecular formula is C22H32N4O2. The van der Waals surface area contributed by atoms with Crippen molar-refractivity contribution in [3.8, 4) is 5.75 Å².